The van der Waals surface area contributed by atoms with Gasteiger partial charge in [-0.25, -0.2) is 0 Å². The molecule has 1 aliphatic carbocycles. The number of methoxy groups -OCH3 is 2. The van der Waals surface area contributed by atoms with Gasteiger partial charge >= 0.3 is 0 Å². The summed E-state index contributed by atoms with van der Waals surface area (Å²) in [7, 11) is 3.26. The second-order valence-electron chi connectivity index (χ2n) is 10.6. The number of piperidine rings is 1. The molecule has 1 heterocycles. The molecule has 0 amide bonds. The first-order valence-electron chi connectivity index (χ1n) is 14.8. The Morgan fingerprint density at radius 2 is 1.54 bits per heavy atom. The van der Waals surface area contributed by atoms with Gasteiger partial charge in [0.15, 0.2) is 17.3 Å². The van der Waals surface area contributed by atoms with Crippen molar-refractivity contribution in [3.05, 3.63) is 65.6 Å². The molecule has 5 heteroatoms. The number of unbranched alkanes of at least 4 members (excludes halogenated alkanes) is 4. The summed E-state index contributed by atoms with van der Waals surface area (Å²) in [5.74, 6) is 2.38. The zero-order valence-electron chi connectivity index (χ0n) is 25.3. The van der Waals surface area contributed by atoms with E-state index in [1.54, 1.807) is 14.2 Å². The first-order chi connectivity index (χ1) is 18.5. The molecule has 1 aliphatic heterocycles. The first kappa shape index (κ1) is 35.4. The van der Waals surface area contributed by atoms with E-state index in [4.69, 9.17) is 9.47 Å². The zero-order chi connectivity index (χ0) is 27.8. The van der Waals surface area contributed by atoms with Gasteiger partial charge in [-0.1, -0.05) is 76.8 Å². The van der Waals surface area contributed by atoms with E-state index in [0.717, 1.165) is 43.6 Å². The predicted octanol–water partition coefficient (Wildman–Crippen LogP) is 8.57. The Balaban J connectivity index is 0.000000595. The molecule has 2 aromatic carbocycles. The molecule has 1 radical (unpaired) electrons. The van der Waals surface area contributed by atoms with E-state index in [1.165, 1.54) is 50.5 Å². The number of carbonyl (C=O) groups is 1. The summed E-state index contributed by atoms with van der Waals surface area (Å²) in [4.78, 5) is 15.5. The molecule has 1 fully saturated rings. The van der Waals surface area contributed by atoms with Gasteiger partial charge in [0.25, 0.3) is 0 Å². The molecule has 2 aliphatic rings. The number of Topliss-reactive ketones (excluding diaryl/α,β-unsaturated/α-hetero) is 1. The van der Waals surface area contributed by atoms with E-state index in [9.17, 15) is 4.79 Å². The fourth-order valence-corrected chi connectivity index (χ4v) is 5.35. The van der Waals surface area contributed by atoms with Crippen LogP contribution in [0.5, 0.6) is 11.5 Å². The molecular weight excluding hydrogens is 657 g/mol. The third kappa shape index (κ3) is 11.8. The molecular formula is C34H52NO3Re-. The van der Waals surface area contributed by atoms with E-state index in [1.807, 2.05) is 12.1 Å². The third-order valence-corrected chi connectivity index (χ3v) is 7.57. The molecule has 2 aromatic rings. The molecule has 4 nitrogen and oxygen atoms in total. The van der Waals surface area contributed by atoms with E-state index in [-0.39, 0.29) is 32.1 Å². The van der Waals surface area contributed by atoms with Crippen LogP contribution in [-0.2, 0) is 33.4 Å². The number of ketones is 1. The van der Waals surface area contributed by atoms with Gasteiger partial charge in [0, 0.05) is 38.4 Å². The van der Waals surface area contributed by atoms with Crippen molar-refractivity contribution in [2.45, 2.75) is 92.0 Å². The second kappa shape index (κ2) is 20.2. The van der Waals surface area contributed by atoms with Crippen LogP contribution in [0.3, 0.4) is 0 Å². The zero-order valence-corrected chi connectivity index (χ0v) is 28.0. The monoisotopic (exact) mass is 709 g/mol. The van der Waals surface area contributed by atoms with Crippen LogP contribution in [0.15, 0.2) is 42.5 Å². The van der Waals surface area contributed by atoms with Crippen LogP contribution < -0.4 is 9.47 Å². The average Bonchev–Trinajstić information content (AvgIpc) is 3.25. The number of carbonyl (C=O) groups excluding carboxylic acids is 1. The topological polar surface area (TPSA) is 38.8 Å². The van der Waals surface area contributed by atoms with Crippen molar-refractivity contribution < 1.29 is 34.7 Å². The van der Waals surface area contributed by atoms with E-state index < -0.39 is 0 Å². The summed E-state index contributed by atoms with van der Waals surface area (Å²) in [6.45, 7) is 12.0. The van der Waals surface area contributed by atoms with Gasteiger partial charge in [-0.3, -0.25) is 9.69 Å². The summed E-state index contributed by atoms with van der Waals surface area (Å²) in [5.41, 5.74) is 3.31. The van der Waals surface area contributed by atoms with Crippen molar-refractivity contribution >= 4 is 5.78 Å². The SMILES string of the molecule is CCCCC.COc1cc2c(cc1OC)C(=O)C(CC1CCN(Cc3ccccc3)CC1)C2.C[CH-]CCC.[Re]. The standard InChI is InChI=1S/C24H29NO3.C5H12.C5H11.Re/c1-27-22-14-19-13-20(24(26)21(19)15-23(22)28-2)12-17-8-10-25(11-9-17)16-18-6-4-3-5-7-18;2*1-3-5-4-2;/h3-7,14-15,17,20H,8-13,16H2,1-2H3;3-5H2,1-2H3;3H,4-5H2,1-2H3;/q;;-1;. The Hall–Kier alpha value is -1.67. The van der Waals surface area contributed by atoms with Crippen LogP contribution in [0.25, 0.3) is 0 Å². The Labute approximate surface area is 252 Å². The maximum absolute atomic E-state index is 12.9. The maximum Gasteiger partial charge on any atom is 0.166 e. The Morgan fingerprint density at radius 3 is 2.03 bits per heavy atom. The maximum atomic E-state index is 12.9. The van der Waals surface area contributed by atoms with Gasteiger partial charge in [0.1, 0.15) is 0 Å². The van der Waals surface area contributed by atoms with Crippen molar-refractivity contribution in [1.29, 1.82) is 0 Å². The fraction of sp³-hybridized carbons (Fsp3) is 0.588. The minimum Gasteiger partial charge on any atom is -0.493 e. The van der Waals surface area contributed by atoms with Gasteiger partial charge in [0.2, 0.25) is 0 Å². The first-order valence-corrected chi connectivity index (χ1v) is 14.8. The number of fused-ring (bicyclic) bond motifs is 1. The van der Waals surface area contributed by atoms with Crippen LogP contribution in [-0.4, -0.2) is 38.0 Å². The molecule has 0 N–H and O–H groups in total. The van der Waals surface area contributed by atoms with Crippen molar-refractivity contribution in [1.82, 2.24) is 4.90 Å². The Morgan fingerprint density at radius 1 is 0.923 bits per heavy atom. The van der Waals surface area contributed by atoms with Crippen LogP contribution >= 0.6 is 0 Å². The fourth-order valence-electron chi connectivity index (χ4n) is 5.35. The smallest absolute Gasteiger partial charge is 0.166 e. The van der Waals surface area contributed by atoms with Gasteiger partial charge in [-0.15, -0.1) is 0 Å². The molecule has 1 unspecified atom stereocenters. The number of nitrogens with zero attached hydrogens (tertiary/aromatic N) is 1. The van der Waals surface area contributed by atoms with Crippen molar-refractivity contribution in [3.8, 4) is 11.5 Å². The summed E-state index contributed by atoms with van der Waals surface area (Å²) in [5, 5.41) is 0. The summed E-state index contributed by atoms with van der Waals surface area (Å²) >= 11 is 0. The molecule has 0 aromatic heterocycles. The quantitative estimate of drug-likeness (QED) is 0.232. The van der Waals surface area contributed by atoms with Gasteiger partial charge in [0.05, 0.1) is 14.2 Å². The number of rotatable bonds is 10. The van der Waals surface area contributed by atoms with Crippen LogP contribution in [0, 0.1) is 18.3 Å². The number of hydrogen-bond donors (Lipinski definition) is 0. The number of likely N-dealkylation sites (tertiary alicyclic amines) is 1. The van der Waals surface area contributed by atoms with Gasteiger partial charge < -0.3 is 15.9 Å². The summed E-state index contributed by atoms with van der Waals surface area (Å²) < 4.78 is 10.8. The van der Waals surface area contributed by atoms with E-state index >= 15 is 0 Å². The number of hydrogen-bond acceptors (Lipinski definition) is 4. The van der Waals surface area contributed by atoms with E-state index in [0.29, 0.717) is 17.4 Å². The molecule has 0 spiro atoms. The minimum atomic E-state index is 0. The second-order valence-corrected chi connectivity index (χ2v) is 10.6. The summed E-state index contributed by atoms with van der Waals surface area (Å²) in [6, 6.07) is 14.5. The largest absolute Gasteiger partial charge is 0.493 e. The van der Waals surface area contributed by atoms with Crippen LogP contribution in [0.4, 0.5) is 0 Å². The Bertz CT molecular complexity index is 916. The van der Waals surface area contributed by atoms with Gasteiger partial charge in [-0.05, 0) is 68.0 Å². The number of ether oxygens (including phenoxy) is 2. The average molecular weight is 709 g/mol. The number of benzene rings is 2. The predicted molar refractivity (Wildman–Crippen MR) is 160 cm³/mol. The van der Waals surface area contributed by atoms with E-state index in [2.05, 4.69) is 69.3 Å². The minimum absolute atomic E-state index is 0. The molecule has 0 saturated carbocycles. The van der Waals surface area contributed by atoms with Crippen molar-refractivity contribution in [3.63, 3.8) is 0 Å². The molecule has 39 heavy (non-hydrogen) atoms. The summed E-state index contributed by atoms with van der Waals surface area (Å²) in [6.07, 6.45) is 13.0. The Kier molecular flexibility index (Phi) is 18.4. The molecule has 1 saturated heterocycles. The van der Waals surface area contributed by atoms with Gasteiger partial charge in [-0.2, -0.15) is 13.3 Å². The van der Waals surface area contributed by atoms with Crippen molar-refractivity contribution in [2.75, 3.05) is 27.3 Å². The third-order valence-electron chi connectivity index (χ3n) is 7.57. The van der Waals surface area contributed by atoms with Crippen LogP contribution in [0.1, 0.15) is 101 Å². The molecule has 4 rings (SSSR count). The van der Waals surface area contributed by atoms with Crippen molar-refractivity contribution in [2.24, 2.45) is 11.8 Å². The normalized spacial score (nSPS) is 16.7. The molecule has 1 atom stereocenters. The van der Waals surface area contributed by atoms with Crippen LogP contribution in [0.2, 0.25) is 0 Å². The molecule has 0 bridgehead atoms. The molecule has 219 valence electrons.